The third-order valence-electron chi connectivity index (χ3n) is 2.44. The zero-order chi connectivity index (χ0) is 12.5. The van der Waals surface area contributed by atoms with Gasteiger partial charge in [-0.05, 0) is 30.5 Å². The Morgan fingerprint density at radius 3 is 2.41 bits per heavy atom. The van der Waals surface area contributed by atoms with Crippen molar-refractivity contribution in [3.8, 4) is 0 Å². The molecule has 0 unspecified atom stereocenters. The van der Waals surface area contributed by atoms with E-state index in [-0.39, 0.29) is 0 Å². The Labute approximate surface area is 103 Å². The summed E-state index contributed by atoms with van der Waals surface area (Å²) in [6, 6.07) is 7.45. The summed E-state index contributed by atoms with van der Waals surface area (Å²) in [5.74, 6) is -0.427. The quantitative estimate of drug-likeness (QED) is 0.413. The standard InChI is InChI=1S/C14H20O3/c1-3-5-11-16-17-14(15)13-9-7-12(6-4-2)8-10-13/h7-10H,3-6,11H2,1-2H3. The first-order valence-electron chi connectivity index (χ1n) is 6.20. The van der Waals surface area contributed by atoms with Crippen molar-refractivity contribution in [2.75, 3.05) is 6.61 Å². The van der Waals surface area contributed by atoms with Gasteiger partial charge in [-0.15, -0.1) is 0 Å². The summed E-state index contributed by atoms with van der Waals surface area (Å²) < 4.78 is 0. The normalized spacial score (nSPS) is 10.2. The molecule has 0 aliphatic rings. The van der Waals surface area contributed by atoms with Gasteiger partial charge in [0.1, 0.15) is 0 Å². The van der Waals surface area contributed by atoms with E-state index in [1.165, 1.54) is 5.56 Å². The Kier molecular flexibility index (Phi) is 6.33. The SMILES string of the molecule is CCCCOOC(=O)c1ccc(CCC)cc1. The first-order chi connectivity index (χ1) is 8.27. The van der Waals surface area contributed by atoms with Crippen molar-refractivity contribution in [3.05, 3.63) is 35.4 Å². The van der Waals surface area contributed by atoms with Gasteiger partial charge in [0.15, 0.2) is 0 Å². The number of hydrogen-bond donors (Lipinski definition) is 0. The van der Waals surface area contributed by atoms with Crippen molar-refractivity contribution < 1.29 is 14.6 Å². The number of unbranched alkanes of at least 4 members (excludes halogenated alkanes) is 1. The van der Waals surface area contributed by atoms with Crippen LogP contribution in [0.25, 0.3) is 0 Å². The van der Waals surface area contributed by atoms with Crippen molar-refractivity contribution in [3.63, 3.8) is 0 Å². The van der Waals surface area contributed by atoms with Crippen LogP contribution in [0.2, 0.25) is 0 Å². The second kappa shape index (κ2) is 7.85. The van der Waals surface area contributed by atoms with Crippen LogP contribution in [0.4, 0.5) is 0 Å². The minimum Gasteiger partial charge on any atom is -0.293 e. The molecule has 17 heavy (non-hydrogen) atoms. The first-order valence-corrected chi connectivity index (χ1v) is 6.20. The van der Waals surface area contributed by atoms with Gasteiger partial charge in [-0.3, -0.25) is 4.89 Å². The molecular weight excluding hydrogens is 216 g/mol. The number of carbonyl (C=O) groups is 1. The molecule has 0 fully saturated rings. The average molecular weight is 236 g/mol. The lowest BCUT2D eigenvalue weighted by Crippen LogP contribution is -2.06. The maximum atomic E-state index is 11.5. The summed E-state index contributed by atoms with van der Waals surface area (Å²) in [4.78, 5) is 21.0. The van der Waals surface area contributed by atoms with Crippen molar-refractivity contribution in [2.45, 2.75) is 39.5 Å². The molecule has 1 aromatic rings. The zero-order valence-corrected chi connectivity index (χ0v) is 10.6. The molecular formula is C14H20O3. The topological polar surface area (TPSA) is 35.5 Å². The van der Waals surface area contributed by atoms with Crippen LogP contribution >= 0.6 is 0 Å². The van der Waals surface area contributed by atoms with E-state index >= 15 is 0 Å². The van der Waals surface area contributed by atoms with Gasteiger partial charge in [-0.25, -0.2) is 4.79 Å². The molecule has 0 aliphatic heterocycles. The molecule has 94 valence electrons. The van der Waals surface area contributed by atoms with Gasteiger partial charge in [-0.2, -0.15) is 4.89 Å². The molecule has 0 bridgehead atoms. The van der Waals surface area contributed by atoms with Crippen LogP contribution in [0.5, 0.6) is 0 Å². The molecule has 0 saturated heterocycles. The Morgan fingerprint density at radius 1 is 1.12 bits per heavy atom. The summed E-state index contributed by atoms with van der Waals surface area (Å²) in [7, 11) is 0. The minimum atomic E-state index is -0.427. The van der Waals surface area contributed by atoms with Crippen LogP contribution in [0.15, 0.2) is 24.3 Å². The molecule has 0 aliphatic carbocycles. The van der Waals surface area contributed by atoms with Crippen LogP contribution < -0.4 is 0 Å². The van der Waals surface area contributed by atoms with Gasteiger partial charge in [0.05, 0.1) is 12.2 Å². The predicted octanol–water partition coefficient (Wildman–Crippen LogP) is 3.53. The van der Waals surface area contributed by atoms with Gasteiger partial charge in [0.25, 0.3) is 0 Å². The van der Waals surface area contributed by atoms with E-state index < -0.39 is 5.97 Å². The molecule has 0 heterocycles. The van der Waals surface area contributed by atoms with Gasteiger partial charge in [-0.1, -0.05) is 38.8 Å². The monoisotopic (exact) mass is 236 g/mol. The smallest absolute Gasteiger partial charge is 0.293 e. The van der Waals surface area contributed by atoms with Gasteiger partial charge in [0.2, 0.25) is 0 Å². The van der Waals surface area contributed by atoms with Gasteiger partial charge in [0, 0.05) is 0 Å². The molecule has 0 N–H and O–H groups in total. The van der Waals surface area contributed by atoms with E-state index in [1.807, 2.05) is 12.1 Å². The second-order valence-corrected chi connectivity index (χ2v) is 3.99. The van der Waals surface area contributed by atoms with E-state index in [2.05, 4.69) is 13.8 Å². The largest absolute Gasteiger partial charge is 0.373 e. The minimum absolute atomic E-state index is 0.427. The van der Waals surface area contributed by atoms with E-state index in [0.717, 1.165) is 25.7 Å². The fourth-order valence-corrected chi connectivity index (χ4v) is 1.44. The fraction of sp³-hybridized carbons (Fsp3) is 0.500. The van der Waals surface area contributed by atoms with Crippen LogP contribution in [0.3, 0.4) is 0 Å². The highest BCUT2D eigenvalue weighted by Crippen LogP contribution is 2.08. The van der Waals surface area contributed by atoms with Crippen LogP contribution in [0, 0.1) is 0 Å². The van der Waals surface area contributed by atoms with Crippen molar-refractivity contribution in [2.24, 2.45) is 0 Å². The summed E-state index contributed by atoms with van der Waals surface area (Å²) in [5, 5.41) is 0. The van der Waals surface area contributed by atoms with Gasteiger partial charge < -0.3 is 0 Å². The first kappa shape index (κ1) is 13.7. The summed E-state index contributed by atoms with van der Waals surface area (Å²) in [5.41, 5.74) is 1.76. The Balaban J connectivity index is 2.40. The molecule has 0 spiro atoms. The Hall–Kier alpha value is -1.35. The molecule has 0 aromatic heterocycles. The Morgan fingerprint density at radius 2 is 1.82 bits per heavy atom. The lowest BCUT2D eigenvalue weighted by molar-refractivity contribution is -0.241. The predicted molar refractivity (Wildman–Crippen MR) is 66.7 cm³/mol. The van der Waals surface area contributed by atoms with Crippen molar-refractivity contribution in [1.29, 1.82) is 0 Å². The van der Waals surface area contributed by atoms with Crippen LogP contribution in [-0.4, -0.2) is 12.6 Å². The highest BCUT2D eigenvalue weighted by molar-refractivity contribution is 5.88. The molecule has 3 heteroatoms. The molecule has 3 nitrogen and oxygen atoms in total. The molecule has 0 atom stereocenters. The van der Waals surface area contributed by atoms with E-state index in [4.69, 9.17) is 9.78 Å². The summed E-state index contributed by atoms with van der Waals surface area (Å²) >= 11 is 0. The third-order valence-corrected chi connectivity index (χ3v) is 2.44. The molecule has 0 radical (unpaired) electrons. The van der Waals surface area contributed by atoms with Crippen molar-refractivity contribution >= 4 is 5.97 Å². The maximum absolute atomic E-state index is 11.5. The van der Waals surface area contributed by atoms with Crippen LogP contribution in [-0.2, 0) is 16.2 Å². The molecule has 0 saturated carbocycles. The van der Waals surface area contributed by atoms with E-state index in [9.17, 15) is 4.79 Å². The summed E-state index contributed by atoms with van der Waals surface area (Å²) in [6.45, 7) is 4.64. The fourth-order valence-electron chi connectivity index (χ4n) is 1.44. The second-order valence-electron chi connectivity index (χ2n) is 3.99. The number of hydrogen-bond acceptors (Lipinski definition) is 3. The lowest BCUT2D eigenvalue weighted by Gasteiger charge is -2.04. The number of benzene rings is 1. The lowest BCUT2D eigenvalue weighted by atomic mass is 10.1. The highest BCUT2D eigenvalue weighted by atomic mass is 17.2. The third kappa shape index (κ3) is 5.00. The van der Waals surface area contributed by atoms with E-state index in [1.54, 1.807) is 12.1 Å². The number of rotatable bonds is 7. The van der Waals surface area contributed by atoms with E-state index in [0.29, 0.717) is 12.2 Å². The van der Waals surface area contributed by atoms with Crippen molar-refractivity contribution in [1.82, 2.24) is 0 Å². The highest BCUT2D eigenvalue weighted by Gasteiger charge is 2.07. The maximum Gasteiger partial charge on any atom is 0.373 e. The molecule has 0 amide bonds. The molecule has 1 aromatic carbocycles. The Bertz CT molecular complexity index is 330. The molecule has 1 rings (SSSR count). The average Bonchev–Trinajstić information content (AvgIpc) is 2.36. The number of carbonyl (C=O) groups excluding carboxylic acids is 1. The number of aryl methyl sites for hydroxylation is 1. The zero-order valence-electron chi connectivity index (χ0n) is 10.6. The van der Waals surface area contributed by atoms with Gasteiger partial charge >= 0.3 is 5.97 Å². The van der Waals surface area contributed by atoms with Crippen LogP contribution in [0.1, 0.15) is 49.0 Å². The summed E-state index contributed by atoms with van der Waals surface area (Å²) in [6.07, 6.45) is 4.04.